The van der Waals surface area contributed by atoms with Gasteiger partial charge in [-0.15, -0.1) is 22.0 Å². The smallest absolute Gasteiger partial charge is 0.452 e. The van der Waals surface area contributed by atoms with Gasteiger partial charge in [-0.05, 0) is 49.2 Å². The average molecular weight is 546 g/mol. The van der Waals surface area contributed by atoms with Crippen LogP contribution in [-0.4, -0.2) is 33.9 Å². The molecule has 2 unspecified atom stereocenters. The van der Waals surface area contributed by atoms with E-state index in [1.54, 1.807) is 38.1 Å². The van der Waals surface area contributed by atoms with Gasteiger partial charge in [0.15, 0.2) is 5.82 Å². The van der Waals surface area contributed by atoms with E-state index >= 15 is 0 Å². The lowest BCUT2D eigenvalue weighted by atomic mass is 10.0. The van der Waals surface area contributed by atoms with Gasteiger partial charge < -0.3 is 9.47 Å². The highest BCUT2D eigenvalue weighted by Gasteiger charge is 2.43. The number of thioether (sulfide) groups is 1. The van der Waals surface area contributed by atoms with Crippen LogP contribution in [0.2, 0.25) is 10.0 Å². The molecule has 186 valence electrons. The fourth-order valence-electron chi connectivity index (χ4n) is 3.89. The Labute approximate surface area is 213 Å². The molecule has 2 heterocycles. The molecule has 3 aromatic rings. The molecule has 0 radical (unpaired) electrons. The topological polar surface area (TPSA) is 66.2 Å². The number of hydrogen-bond acceptors (Lipinski definition) is 6. The van der Waals surface area contributed by atoms with Gasteiger partial charge in [0.2, 0.25) is 5.82 Å². The van der Waals surface area contributed by atoms with Crippen molar-refractivity contribution < 1.29 is 27.4 Å². The summed E-state index contributed by atoms with van der Waals surface area (Å²) in [6, 6.07) is 9.74. The summed E-state index contributed by atoms with van der Waals surface area (Å²) >= 11 is 14.1. The Morgan fingerprint density at radius 3 is 2.57 bits per heavy atom. The molecule has 2 atom stereocenters. The molecule has 1 aromatic heterocycles. The number of methoxy groups -OCH3 is 1. The van der Waals surface area contributed by atoms with Crippen molar-refractivity contribution in [3.05, 3.63) is 69.2 Å². The maximum atomic E-state index is 14.0. The minimum Gasteiger partial charge on any atom is -0.495 e. The minimum absolute atomic E-state index is 0.0203. The van der Waals surface area contributed by atoms with E-state index in [0.717, 1.165) is 4.57 Å². The largest absolute Gasteiger partial charge is 0.495 e. The third-order valence-corrected chi connectivity index (χ3v) is 7.38. The van der Waals surface area contributed by atoms with Crippen LogP contribution >= 0.6 is 35.0 Å². The number of halogens is 5. The molecule has 0 amide bonds. The molecule has 1 aliphatic rings. The zero-order valence-electron chi connectivity index (χ0n) is 18.8. The van der Waals surface area contributed by atoms with Crippen LogP contribution in [0.1, 0.15) is 53.5 Å². The van der Waals surface area contributed by atoms with Crippen molar-refractivity contribution in [2.45, 2.75) is 43.0 Å². The van der Waals surface area contributed by atoms with Crippen LogP contribution in [0.25, 0.3) is 5.69 Å². The molecule has 0 bridgehead atoms. The summed E-state index contributed by atoms with van der Waals surface area (Å²) in [4.78, 5) is 12.6. The van der Waals surface area contributed by atoms with E-state index in [2.05, 4.69) is 10.2 Å². The molecule has 0 spiro atoms. The summed E-state index contributed by atoms with van der Waals surface area (Å²) in [7, 11) is 1.47. The van der Waals surface area contributed by atoms with Gasteiger partial charge in [0.1, 0.15) is 5.75 Å². The number of benzene rings is 2. The van der Waals surface area contributed by atoms with Crippen LogP contribution < -0.4 is 4.74 Å². The normalized spacial score (nSPS) is 17.5. The summed E-state index contributed by atoms with van der Waals surface area (Å²) in [5.41, 5.74) is 1.25. The molecule has 4 rings (SSSR count). The highest BCUT2D eigenvalue weighted by Crippen LogP contribution is 2.53. The van der Waals surface area contributed by atoms with E-state index in [-0.39, 0.29) is 24.0 Å². The molecular weight excluding hydrogens is 526 g/mol. The van der Waals surface area contributed by atoms with Gasteiger partial charge in [-0.1, -0.05) is 35.3 Å². The van der Waals surface area contributed by atoms with Gasteiger partial charge in [-0.25, -0.2) is 0 Å². The Balaban J connectivity index is 1.97. The van der Waals surface area contributed by atoms with E-state index in [4.69, 9.17) is 32.7 Å². The first kappa shape index (κ1) is 25.7. The number of ether oxygens (including phenoxy) is 2. The molecule has 2 aromatic carbocycles. The van der Waals surface area contributed by atoms with E-state index < -0.39 is 28.5 Å². The number of nitrogens with zero attached hydrogens (tertiary/aromatic N) is 3. The number of alkyl halides is 3. The number of fused-ring (bicyclic) bond motifs is 3. The number of carbonyl (C=O) groups excluding carboxylic acids is 1. The lowest BCUT2D eigenvalue weighted by Crippen LogP contribution is -2.18. The Morgan fingerprint density at radius 2 is 1.91 bits per heavy atom. The highest BCUT2D eigenvalue weighted by molar-refractivity contribution is 8.00. The molecule has 6 nitrogen and oxygen atoms in total. The predicted octanol–water partition coefficient (Wildman–Crippen LogP) is 6.82. The minimum atomic E-state index is -4.79. The first-order chi connectivity index (χ1) is 16.5. The van der Waals surface area contributed by atoms with Crippen molar-refractivity contribution in [3.8, 4) is 11.4 Å². The molecule has 0 fully saturated rings. The lowest BCUT2D eigenvalue weighted by Gasteiger charge is -2.23. The van der Waals surface area contributed by atoms with Crippen molar-refractivity contribution in [1.29, 1.82) is 0 Å². The van der Waals surface area contributed by atoms with Crippen LogP contribution in [0.5, 0.6) is 5.75 Å². The fourth-order valence-corrected chi connectivity index (χ4v) is 5.96. The summed E-state index contributed by atoms with van der Waals surface area (Å²) < 4.78 is 53.5. The SMILES string of the molecule is COc1cccc(C2SC(CC(=O)OC(C)C)c3nnc(C(F)(F)F)n3-c3ccc(Cl)cc32)c1Cl. The zero-order chi connectivity index (χ0) is 25.5. The summed E-state index contributed by atoms with van der Waals surface area (Å²) in [6.45, 7) is 3.39. The molecule has 0 saturated heterocycles. The Morgan fingerprint density at radius 1 is 1.17 bits per heavy atom. The van der Waals surface area contributed by atoms with Crippen molar-refractivity contribution >= 4 is 40.9 Å². The van der Waals surface area contributed by atoms with Crippen LogP contribution in [0, 0.1) is 0 Å². The third-order valence-electron chi connectivity index (χ3n) is 5.26. The van der Waals surface area contributed by atoms with Crippen molar-refractivity contribution in [1.82, 2.24) is 14.8 Å². The number of aromatic nitrogens is 3. The van der Waals surface area contributed by atoms with Gasteiger partial charge >= 0.3 is 12.1 Å². The first-order valence-corrected chi connectivity index (χ1v) is 12.2. The molecule has 35 heavy (non-hydrogen) atoms. The van der Waals surface area contributed by atoms with Crippen LogP contribution in [0.3, 0.4) is 0 Å². The van der Waals surface area contributed by atoms with Gasteiger partial charge in [-0.2, -0.15) is 13.2 Å². The zero-order valence-corrected chi connectivity index (χ0v) is 21.1. The standard InChI is InChI=1S/C23H20Cl2F3N3O3S/c1-11(2)34-18(32)10-17-21-29-30-22(23(26,27)28)31(21)15-8-7-12(24)9-14(15)20(35-17)13-5-4-6-16(33-3)19(13)25/h4-9,11,17,20H,10H2,1-3H3. The van der Waals surface area contributed by atoms with Crippen LogP contribution in [-0.2, 0) is 15.7 Å². The molecule has 0 saturated carbocycles. The van der Waals surface area contributed by atoms with E-state index in [1.807, 2.05) is 0 Å². The number of carbonyl (C=O) groups is 1. The van der Waals surface area contributed by atoms with E-state index in [9.17, 15) is 18.0 Å². The van der Waals surface area contributed by atoms with Gasteiger partial charge in [0.05, 0.1) is 40.8 Å². The number of hydrogen-bond donors (Lipinski definition) is 0. The monoisotopic (exact) mass is 545 g/mol. The second-order valence-corrected chi connectivity index (χ2v) is 10.2. The average Bonchev–Trinajstić information content (AvgIpc) is 3.17. The first-order valence-electron chi connectivity index (χ1n) is 10.5. The van der Waals surface area contributed by atoms with E-state index in [0.29, 0.717) is 26.9 Å². The van der Waals surface area contributed by atoms with Crippen LogP contribution in [0.4, 0.5) is 13.2 Å². The Hall–Kier alpha value is -2.43. The fraction of sp³-hybridized carbons (Fsp3) is 0.348. The number of rotatable bonds is 5. The Kier molecular flexibility index (Phi) is 7.26. The number of esters is 1. The second-order valence-electron chi connectivity index (χ2n) is 8.03. The van der Waals surface area contributed by atoms with Crippen molar-refractivity contribution in [3.63, 3.8) is 0 Å². The van der Waals surface area contributed by atoms with Crippen molar-refractivity contribution in [2.24, 2.45) is 0 Å². The quantitative estimate of drug-likeness (QED) is 0.327. The predicted molar refractivity (Wildman–Crippen MR) is 127 cm³/mol. The third kappa shape index (κ3) is 5.10. The lowest BCUT2D eigenvalue weighted by molar-refractivity contribution is -0.147. The van der Waals surface area contributed by atoms with E-state index in [1.165, 1.54) is 31.0 Å². The van der Waals surface area contributed by atoms with Gasteiger partial charge in [0.25, 0.3) is 0 Å². The van der Waals surface area contributed by atoms with Crippen molar-refractivity contribution in [2.75, 3.05) is 7.11 Å². The molecule has 12 heteroatoms. The van der Waals surface area contributed by atoms with Gasteiger partial charge in [0, 0.05) is 5.02 Å². The summed E-state index contributed by atoms with van der Waals surface area (Å²) in [5.74, 6) is -1.38. The molecule has 1 aliphatic heterocycles. The molecule has 0 N–H and O–H groups in total. The van der Waals surface area contributed by atoms with Gasteiger partial charge in [-0.3, -0.25) is 9.36 Å². The second kappa shape index (κ2) is 9.91. The molecule has 0 aliphatic carbocycles. The Bertz CT molecular complexity index is 1270. The maximum Gasteiger partial charge on any atom is 0.452 e. The molecular formula is C23H20Cl2F3N3O3S. The maximum absolute atomic E-state index is 14.0. The summed E-state index contributed by atoms with van der Waals surface area (Å²) in [6.07, 6.45) is -5.40. The summed E-state index contributed by atoms with van der Waals surface area (Å²) in [5, 5.41) is 6.51. The van der Waals surface area contributed by atoms with Crippen LogP contribution in [0.15, 0.2) is 36.4 Å². The highest BCUT2D eigenvalue weighted by atomic mass is 35.5.